The molecule has 0 saturated carbocycles. The summed E-state index contributed by atoms with van der Waals surface area (Å²) in [7, 11) is 1.78. The van der Waals surface area contributed by atoms with E-state index >= 15 is 0 Å². The van der Waals surface area contributed by atoms with Crippen LogP contribution in [0, 0.1) is 0 Å². The van der Waals surface area contributed by atoms with Crippen molar-refractivity contribution >= 4 is 11.7 Å². The van der Waals surface area contributed by atoms with Crippen LogP contribution in [0.25, 0.3) is 0 Å². The normalized spacial score (nSPS) is 10.2. The van der Waals surface area contributed by atoms with Crippen molar-refractivity contribution < 1.29 is 14.3 Å². The van der Waals surface area contributed by atoms with Crippen molar-refractivity contribution in [2.24, 2.45) is 7.05 Å². The van der Waals surface area contributed by atoms with Gasteiger partial charge in [-0.05, 0) is 25.1 Å². The smallest absolute Gasteiger partial charge is 0.342 e. The Morgan fingerprint density at radius 2 is 2.26 bits per heavy atom. The molecule has 2 rings (SSSR count). The summed E-state index contributed by atoms with van der Waals surface area (Å²) in [5.41, 5.74) is 6.45. The maximum atomic E-state index is 11.8. The Morgan fingerprint density at radius 1 is 1.47 bits per heavy atom. The van der Waals surface area contributed by atoms with Gasteiger partial charge in [0.2, 0.25) is 0 Å². The van der Waals surface area contributed by atoms with Crippen molar-refractivity contribution in [2.45, 2.75) is 6.92 Å². The standard InChI is InChI=1S/C13H15N3O3/c1-3-18-13(17)11-6-9(14)4-5-12(11)19-10-7-15-16(2)8-10/h4-8H,3,14H2,1-2H3. The summed E-state index contributed by atoms with van der Waals surface area (Å²) in [5.74, 6) is 0.465. The predicted octanol–water partition coefficient (Wildman–Crippen LogP) is 1.97. The molecule has 19 heavy (non-hydrogen) atoms. The minimum Gasteiger partial charge on any atom is -0.462 e. The van der Waals surface area contributed by atoms with Gasteiger partial charge in [-0.15, -0.1) is 0 Å². The lowest BCUT2D eigenvalue weighted by molar-refractivity contribution is 0.0523. The highest BCUT2D eigenvalue weighted by atomic mass is 16.5. The second-order valence-corrected chi connectivity index (χ2v) is 3.93. The Morgan fingerprint density at radius 3 is 2.89 bits per heavy atom. The maximum absolute atomic E-state index is 11.8. The molecular weight excluding hydrogens is 246 g/mol. The Hall–Kier alpha value is -2.50. The zero-order chi connectivity index (χ0) is 13.8. The van der Waals surface area contributed by atoms with Crippen molar-refractivity contribution in [1.29, 1.82) is 0 Å². The Bertz CT molecular complexity index is 593. The summed E-state index contributed by atoms with van der Waals surface area (Å²) in [4.78, 5) is 11.8. The molecule has 0 unspecified atom stereocenters. The first kappa shape index (κ1) is 12.9. The van der Waals surface area contributed by atoms with Crippen LogP contribution in [-0.2, 0) is 11.8 Å². The number of hydrogen-bond acceptors (Lipinski definition) is 5. The lowest BCUT2D eigenvalue weighted by Gasteiger charge is -2.09. The molecule has 0 bridgehead atoms. The quantitative estimate of drug-likeness (QED) is 0.672. The molecule has 0 aliphatic rings. The van der Waals surface area contributed by atoms with E-state index in [1.165, 1.54) is 6.07 Å². The number of aromatic nitrogens is 2. The predicted molar refractivity (Wildman–Crippen MR) is 70.1 cm³/mol. The number of carbonyl (C=O) groups excluding carboxylic acids is 1. The van der Waals surface area contributed by atoms with Crippen LogP contribution >= 0.6 is 0 Å². The fourth-order valence-corrected chi connectivity index (χ4v) is 1.58. The van der Waals surface area contributed by atoms with Gasteiger partial charge in [0.15, 0.2) is 5.75 Å². The van der Waals surface area contributed by atoms with E-state index in [0.717, 1.165) is 0 Å². The number of carbonyl (C=O) groups is 1. The summed E-state index contributed by atoms with van der Waals surface area (Å²) in [5, 5.41) is 3.99. The summed E-state index contributed by atoms with van der Waals surface area (Å²) in [6.45, 7) is 2.03. The van der Waals surface area contributed by atoms with Crippen LogP contribution < -0.4 is 10.5 Å². The van der Waals surface area contributed by atoms with Gasteiger partial charge in [-0.2, -0.15) is 5.10 Å². The van der Waals surface area contributed by atoms with Crippen LogP contribution in [-0.4, -0.2) is 22.4 Å². The Kier molecular flexibility index (Phi) is 3.70. The molecular formula is C13H15N3O3. The fourth-order valence-electron chi connectivity index (χ4n) is 1.58. The molecule has 0 atom stereocenters. The molecule has 6 nitrogen and oxygen atoms in total. The number of anilines is 1. The van der Waals surface area contributed by atoms with Gasteiger partial charge in [0.1, 0.15) is 11.3 Å². The Labute approximate surface area is 110 Å². The number of ether oxygens (including phenoxy) is 2. The van der Waals surface area contributed by atoms with Crippen molar-refractivity contribution in [3.63, 3.8) is 0 Å². The van der Waals surface area contributed by atoms with E-state index in [0.29, 0.717) is 29.4 Å². The van der Waals surface area contributed by atoms with Gasteiger partial charge in [-0.3, -0.25) is 4.68 Å². The van der Waals surface area contributed by atoms with Crippen molar-refractivity contribution in [1.82, 2.24) is 9.78 Å². The highest BCUT2D eigenvalue weighted by molar-refractivity contribution is 5.93. The number of benzene rings is 1. The van der Waals surface area contributed by atoms with Gasteiger partial charge in [0.25, 0.3) is 0 Å². The molecule has 1 aromatic heterocycles. The van der Waals surface area contributed by atoms with E-state index in [-0.39, 0.29) is 0 Å². The first-order valence-electron chi connectivity index (χ1n) is 5.83. The number of aryl methyl sites for hydroxylation is 1. The van der Waals surface area contributed by atoms with E-state index in [1.54, 1.807) is 43.2 Å². The van der Waals surface area contributed by atoms with Crippen molar-refractivity contribution in [3.05, 3.63) is 36.2 Å². The molecule has 2 aromatic rings. The Balaban J connectivity index is 2.31. The molecule has 0 aliphatic heterocycles. The summed E-state index contributed by atoms with van der Waals surface area (Å²) >= 11 is 0. The highest BCUT2D eigenvalue weighted by Crippen LogP contribution is 2.27. The number of esters is 1. The van der Waals surface area contributed by atoms with Crippen LogP contribution in [0.15, 0.2) is 30.6 Å². The SMILES string of the molecule is CCOC(=O)c1cc(N)ccc1Oc1cnn(C)c1. The van der Waals surface area contributed by atoms with Crippen LogP contribution in [0.5, 0.6) is 11.5 Å². The van der Waals surface area contributed by atoms with Crippen molar-refractivity contribution in [2.75, 3.05) is 12.3 Å². The molecule has 0 saturated heterocycles. The van der Waals surface area contributed by atoms with E-state index in [1.807, 2.05) is 0 Å². The largest absolute Gasteiger partial charge is 0.462 e. The molecule has 0 radical (unpaired) electrons. The zero-order valence-electron chi connectivity index (χ0n) is 10.8. The third-order valence-electron chi connectivity index (χ3n) is 2.41. The summed E-state index contributed by atoms with van der Waals surface area (Å²) in [6.07, 6.45) is 3.26. The minimum atomic E-state index is -0.464. The molecule has 1 aromatic carbocycles. The second kappa shape index (κ2) is 5.43. The number of nitrogen functional groups attached to an aromatic ring is 1. The molecule has 0 fully saturated rings. The molecule has 0 spiro atoms. The maximum Gasteiger partial charge on any atom is 0.342 e. The third kappa shape index (κ3) is 3.04. The molecule has 0 aliphatic carbocycles. The van der Waals surface area contributed by atoms with Gasteiger partial charge in [0, 0.05) is 12.7 Å². The first-order chi connectivity index (χ1) is 9.10. The van der Waals surface area contributed by atoms with E-state index in [2.05, 4.69) is 5.10 Å². The van der Waals surface area contributed by atoms with E-state index < -0.39 is 5.97 Å². The van der Waals surface area contributed by atoms with E-state index in [9.17, 15) is 4.79 Å². The number of nitrogens with zero attached hydrogens (tertiary/aromatic N) is 2. The highest BCUT2D eigenvalue weighted by Gasteiger charge is 2.15. The summed E-state index contributed by atoms with van der Waals surface area (Å²) < 4.78 is 12.2. The van der Waals surface area contributed by atoms with E-state index in [4.69, 9.17) is 15.2 Å². The number of nitrogens with two attached hydrogens (primary N) is 1. The van der Waals surface area contributed by atoms with Crippen LogP contribution in [0.4, 0.5) is 5.69 Å². The average Bonchev–Trinajstić information content (AvgIpc) is 2.77. The van der Waals surface area contributed by atoms with Gasteiger partial charge >= 0.3 is 5.97 Å². The first-order valence-corrected chi connectivity index (χ1v) is 5.83. The van der Waals surface area contributed by atoms with Crippen LogP contribution in [0.3, 0.4) is 0 Å². The van der Waals surface area contributed by atoms with Gasteiger partial charge < -0.3 is 15.2 Å². The third-order valence-corrected chi connectivity index (χ3v) is 2.41. The number of hydrogen-bond donors (Lipinski definition) is 1. The van der Waals surface area contributed by atoms with Gasteiger partial charge in [0.05, 0.1) is 19.0 Å². The number of rotatable bonds is 4. The molecule has 6 heteroatoms. The lowest BCUT2D eigenvalue weighted by atomic mass is 10.2. The van der Waals surface area contributed by atoms with Crippen molar-refractivity contribution in [3.8, 4) is 11.5 Å². The monoisotopic (exact) mass is 261 g/mol. The topological polar surface area (TPSA) is 79.4 Å². The second-order valence-electron chi connectivity index (χ2n) is 3.93. The van der Waals surface area contributed by atoms with Gasteiger partial charge in [-0.25, -0.2) is 4.79 Å². The summed E-state index contributed by atoms with van der Waals surface area (Å²) in [6, 6.07) is 4.83. The minimum absolute atomic E-state index is 0.292. The molecule has 0 amide bonds. The van der Waals surface area contributed by atoms with Crippen LogP contribution in [0.1, 0.15) is 17.3 Å². The lowest BCUT2D eigenvalue weighted by Crippen LogP contribution is -2.07. The molecule has 100 valence electrons. The molecule has 2 N–H and O–H groups in total. The fraction of sp³-hybridized carbons (Fsp3) is 0.231. The zero-order valence-corrected chi connectivity index (χ0v) is 10.8. The average molecular weight is 261 g/mol. The van der Waals surface area contributed by atoms with Gasteiger partial charge in [-0.1, -0.05) is 0 Å². The van der Waals surface area contributed by atoms with Crippen LogP contribution in [0.2, 0.25) is 0 Å². The molecule has 1 heterocycles.